The lowest BCUT2D eigenvalue weighted by Gasteiger charge is -2.34. The van der Waals surface area contributed by atoms with Gasteiger partial charge in [0.05, 0.1) is 5.92 Å². The van der Waals surface area contributed by atoms with Crippen LogP contribution in [0.1, 0.15) is 69.4 Å². The zero-order valence-corrected chi connectivity index (χ0v) is 18.7. The van der Waals surface area contributed by atoms with Crippen molar-refractivity contribution in [3.63, 3.8) is 0 Å². The molecule has 2 heterocycles. The highest BCUT2D eigenvalue weighted by atomic mass is 127. The zero-order chi connectivity index (χ0) is 20.5. The number of amides is 3. The minimum Gasteiger partial charge on any atom is -0.444 e. The minimum absolute atomic E-state index is 0.190. The first kappa shape index (κ1) is 21.1. The zero-order valence-electron chi connectivity index (χ0n) is 16.6. The summed E-state index contributed by atoms with van der Waals surface area (Å²) in [4.78, 5) is 37.5. The number of carbonyl (C=O) groups excluding carboxylic acids is 3. The van der Waals surface area contributed by atoms with Crippen molar-refractivity contribution >= 4 is 40.5 Å². The van der Waals surface area contributed by atoms with Crippen LogP contribution in [0.4, 0.5) is 4.79 Å². The van der Waals surface area contributed by atoms with E-state index in [2.05, 4.69) is 40.0 Å². The first-order valence-electron chi connectivity index (χ1n) is 9.75. The average molecular weight is 498 g/mol. The topological polar surface area (TPSA) is 75.7 Å². The highest BCUT2D eigenvalue weighted by Gasteiger charge is 2.30. The molecule has 0 saturated carbocycles. The van der Waals surface area contributed by atoms with Crippen molar-refractivity contribution < 1.29 is 19.1 Å². The number of likely N-dealkylation sites (tertiary alicyclic amines) is 1. The second-order valence-electron chi connectivity index (χ2n) is 8.53. The number of benzene rings is 1. The predicted molar refractivity (Wildman–Crippen MR) is 114 cm³/mol. The molecular weight excluding hydrogens is 471 g/mol. The molecule has 0 bridgehead atoms. The van der Waals surface area contributed by atoms with Gasteiger partial charge in [0.15, 0.2) is 0 Å². The lowest BCUT2D eigenvalue weighted by atomic mass is 9.86. The quantitative estimate of drug-likeness (QED) is 0.496. The average Bonchev–Trinajstić information content (AvgIpc) is 2.60. The van der Waals surface area contributed by atoms with Gasteiger partial charge in [-0.25, -0.2) is 4.79 Å². The van der Waals surface area contributed by atoms with Gasteiger partial charge in [-0.05, 0) is 85.7 Å². The van der Waals surface area contributed by atoms with Gasteiger partial charge in [-0.15, -0.1) is 0 Å². The van der Waals surface area contributed by atoms with E-state index < -0.39 is 5.60 Å². The van der Waals surface area contributed by atoms with Crippen molar-refractivity contribution in [2.45, 2.75) is 63.9 Å². The Kier molecular flexibility index (Phi) is 6.31. The van der Waals surface area contributed by atoms with Crippen molar-refractivity contribution in [2.75, 3.05) is 13.1 Å². The summed E-state index contributed by atoms with van der Waals surface area (Å²) in [5.74, 6) is -0.259. The van der Waals surface area contributed by atoms with E-state index in [1.54, 1.807) is 4.90 Å². The van der Waals surface area contributed by atoms with Crippen LogP contribution < -0.4 is 5.32 Å². The molecule has 6 nitrogen and oxygen atoms in total. The Morgan fingerprint density at radius 1 is 1.18 bits per heavy atom. The molecule has 152 valence electrons. The molecule has 0 spiro atoms. The van der Waals surface area contributed by atoms with Gasteiger partial charge in [0.2, 0.25) is 11.8 Å². The maximum Gasteiger partial charge on any atom is 0.410 e. The third-order valence-electron chi connectivity index (χ3n) is 5.25. The number of imide groups is 1. The summed E-state index contributed by atoms with van der Waals surface area (Å²) < 4.78 is 6.60. The fourth-order valence-electron chi connectivity index (χ4n) is 3.80. The molecule has 0 aromatic heterocycles. The van der Waals surface area contributed by atoms with Crippen LogP contribution in [0.25, 0.3) is 0 Å². The van der Waals surface area contributed by atoms with Gasteiger partial charge < -0.3 is 9.64 Å². The van der Waals surface area contributed by atoms with Gasteiger partial charge in [0, 0.05) is 23.1 Å². The number of nitrogens with zero attached hydrogens (tertiary/aromatic N) is 1. The van der Waals surface area contributed by atoms with Crippen LogP contribution in [-0.2, 0) is 14.3 Å². The van der Waals surface area contributed by atoms with Gasteiger partial charge in [-0.2, -0.15) is 0 Å². The van der Waals surface area contributed by atoms with Crippen LogP contribution >= 0.6 is 22.6 Å². The van der Waals surface area contributed by atoms with E-state index in [0.29, 0.717) is 31.8 Å². The predicted octanol–water partition coefficient (Wildman–Crippen LogP) is 3.93. The normalized spacial score (nSPS) is 21.4. The largest absolute Gasteiger partial charge is 0.444 e. The number of hydrogen-bond donors (Lipinski definition) is 1. The molecular formula is C21H27IN2O4. The molecule has 1 atom stereocenters. The third-order valence-corrected chi connectivity index (χ3v) is 6.19. The summed E-state index contributed by atoms with van der Waals surface area (Å²) in [7, 11) is 0. The molecule has 2 fully saturated rings. The molecule has 1 aromatic rings. The lowest BCUT2D eigenvalue weighted by molar-refractivity contribution is -0.134. The molecule has 1 aromatic carbocycles. The number of halogens is 1. The minimum atomic E-state index is -0.477. The second-order valence-corrected chi connectivity index (χ2v) is 9.69. The summed E-state index contributed by atoms with van der Waals surface area (Å²) in [5, 5.41) is 2.43. The van der Waals surface area contributed by atoms with Gasteiger partial charge in [0.1, 0.15) is 5.60 Å². The lowest BCUT2D eigenvalue weighted by Crippen LogP contribution is -2.41. The Balaban J connectivity index is 1.63. The van der Waals surface area contributed by atoms with Crippen molar-refractivity contribution in [3.05, 3.63) is 32.9 Å². The molecule has 28 heavy (non-hydrogen) atoms. The molecule has 2 aliphatic rings. The fraction of sp³-hybridized carbons (Fsp3) is 0.571. The standard InChI is InChI=1S/C21H27IN2O4/c1-21(2,3)28-20(27)24-10-8-13(9-11-24)15-5-4-14(12-17(15)22)16-6-7-18(25)23-19(16)26/h4-5,12-13,16H,6-11H2,1-3H3,(H,23,25,26). The van der Waals surface area contributed by atoms with Gasteiger partial charge in [-0.3, -0.25) is 14.9 Å². The third kappa shape index (κ3) is 5.04. The number of nitrogens with one attached hydrogen (secondary N) is 1. The van der Waals surface area contributed by atoms with Crippen molar-refractivity contribution in [2.24, 2.45) is 0 Å². The summed E-state index contributed by atoms with van der Waals surface area (Å²) in [6.07, 6.45) is 2.50. The number of ether oxygens (including phenoxy) is 1. The van der Waals surface area contributed by atoms with Crippen LogP contribution in [0.5, 0.6) is 0 Å². The van der Waals surface area contributed by atoms with E-state index in [-0.39, 0.29) is 23.8 Å². The fourth-order valence-corrected chi connectivity index (χ4v) is 4.78. The highest BCUT2D eigenvalue weighted by molar-refractivity contribution is 14.1. The Morgan fingerprint density at radius 3 is 2.43 bits per heavy atom. The number of carbonyl (C=O) groups is 3. The molecule has 7 heteroatoms. The maximum atomic E-state index is 12.2. The number of rotatable bonds is 2. The van der Waals surface area contributed by atoms with Crippen molar-refractivity contribution in [1.82, 2.24) is 10.2 Å². The second kappa shape index (κ2) is 8.39. The monoisotopic (exact) mass is 498 g/mol. The van der Waals surface area contributed by atoms with Crippen LogP contribution in [0, 0.1) is 3.57 Å². The van der Waals surface area contributed by atoms with E-state index >= 15 is 0 Å². The van der Waals surface area contributed by atoms with Crippen molar-refractivity contribution in [1.29, 1.82) is 0 Å². The molecule has 2 aliphatic heterocycles. The van der Waals surface area contributed by atoms with Gasteiger partial charge in [-0.1, -0.05) is 12.1 Å². The summed E-state index contributed by atoms with van der Waals surface area (Å²) in [5.41, 5.74) is 1.75. The van der Waals surface area contributed by atoms with Crippen molar-refractivity contribution in [3.8, 4) is 0 Å². The molecule has 0 aliphatic carbocycles. The maximum absolute atomic E-state index is 12.2. The number of hydrogen-bond acceptors (Lipinski definition) is 4. The first-order chi connectivity index (χ1) is 13.1. The summed E-state index contributed by atoms with van der Waals surface area (Å²) >= 11 is 2.33. The SMILES string of the molecule is CC(C)(C)OC(=O)N1CCC(c2ccc(C3CCC(=O)NC3=O)cc2I)CC1. The van der Waals surface area contributed by atoms with Crippen LogP contribution in [0.3, 0.4) is 0 Å². The summed E-state index contributed by atoms with van der Waals surface area (Å²) in [6.45, 7) is 7.01. The molecule has 1 N–H and O–H groups in total. The van der Waals surface area contributed by atoms with Gasteiger partial charge >= 0.3 is 6.09 Å². The smallest absolute Gasteiger partial charge is 0.410 e. The Hall–Kier alpha value is -1.64. The van der Waals surface area contributed by atoms with E-state index in [1.807, 2.05) is 26.8 Å². The Morgan fingerprint density at radius 2 is 1.86 bits per heavy atom. The molecule has 2 saturated heterocycles. The molecule has 1 unspecified atom stereocenters. The van der Waals surface area contributed by atoms with E-state index in [1.165, 1.54) is 5.56 Å². The van der Waals surface area contributed by atoms with Crippen LogP contribution in [0.2, 0.25) is 0 Å². The molecule has 3 amide bonds. The highest BCUT2D eigenvalue weighted by Crippen LogP contribution is 2.34. The van der Waals surface area contributed by atoms with Crippen LogP contribution in [-0.4, -0.2) is 41.5 Å². The van der Waals surface area contributed by atoms with E-state index in [9.17, 15) is 14.4 Å². The Bertz CT molecular complexity index is 779. The van der Waals surface area contributed by atoms with Crippen LogP contribution in [0.15, 0.2) is 18.2 Å². The molecule has 3 rings (SSSR count). The van der Waals surface area contributed by atoms with E-state index in [0.717, 1.165) is 22.0 Å². The van der Waals surface area contributed by atoms with Gasteiger partial charge in [0.25, 0.3) is 0 Å². The number of piperidine rings is 2. The van der Waals surface area contributed by atoms with E-state index in [4.69, 9.17) is 4.74 Å². The Labute approximate surface area is 179 Å². The first-order valence-corrected chi connectivity index (χ1v) is 10.8. The summed E-state index contributed by atoms with van der Waals surface area (Å²) in [6, 6.07) is 6.18. The molecule has 0 radical (unpaired) electrons.